The van der Waals surface area contributed by atoms with Crippen molar-refractivity contribution >= 4 is 53.1 Å². The first-order valence-electron chi connectivity index (χ1n) is 7.19. The summed E-state index contributed by atoms with van der Waals surface area (Å²) in [5.41, 5.74) is 5.93. The molecule has 1 aromatic rings. The maximum absolute atomic E-state index is 12.3. The van der Waals surface area contributed by atoms with Crippen molar-refractivity contribution in [2.24, 2.45) is 11.7 Å². The summed E-state index contributed by atoms with van der Waals surface area (Å²) in [6.45, 7) is 3.31. The highest BCUT2D eigenvalue weighted by molar-refractivity contribution is 6.43. The lowest BCUT2D eigenvalue weighted by Crippen LogP contribution is -2.46. The Hall–Kier alpha value is -0.390. The molecule has 0 aliphatic carbocycles. The van der Waals surface area contributed by atoms with Crippen LogP contribution in [-0.4, -0.2) is 36.5 Å². The van der Waals surface area contributed by atoms with E-state index in [1.54, 1.807) is 4.90 Å². The number of carbonyl (C=O) groups excluding carboxylic acids is 1. The van der Waals surface area contributed by atoms with Crippen LogP contribution < -0.4 is 10.5 Å². The molecule has 0 bridgehead atoms. The number of hydrogen-bond acceptors (Lipinski definition) is 3. The van der Waals surface area contributed by atoms with Crippen LogP contribution in [0.15, 0.2) is 12.1 Å². The highest BCUT2D eigenvalue weighted by Crippen LogP contribution is 2.33. The summed E-state index contributed by atoms with van der Waals surface area (Å²) >= 11 is 17.8. The number of nitrogens with two attached hydrogens (primary N) is 1. The minimum Gasteiger partial charge on any atom is -0.482 e. The van der Waals surface area contributed by atoms with Crippen LogP contribution in [0.4, 0.5) is 0 Å². The van der Waals surface area contributed by atoms with Gasteiger partial charge in [0.25, 0.3) is 5.91 Å². The van der Waals surface area contributed by atoms with Crippen LogP contribution in [0.2, 0.25) is 15.1 Å². The van der Waals surface area contributed by atoms with Gasteiger partial charge in [0.05, 0.1) is 15.1 Å². The van der Waals surface area contributed by atoms with E-state index in [9.17, 15) is 4.79 Å². The van der Waals surface area contributed by atoms with E-state index in [1.165, 1.54) is 12.1 Å². The molecule has 2 rings (SSSR count). The van der Waals surface area contributed by atoms with Gasteiger partial charge in [0, 0.05) is 25.2 Å². The van der Waals surface area contributed by atoms with Crippen LogP contribution in [0.25, 0.3) is 0 Å². The molecule has 8 heteroatoms. The van der Waals surface area contributed by atoms with Crippen LogP contribution in [0.1, 0.15) is 19.8 Å². The van der Waals surface area contributed by atoms with Crippen LogP contribution in [-0.2, 0) is 4.79 Å². The van der Waals surface area contributed by atoms with Gasteiger partial charge in [-0.1, -0.05) is 34.8 Å². The average molecular weight is 402 g/mol. The number of amides is 1. The lowest BCUT2D eigenvalue weighted by molar-refractivity contribution is -0.135. The minimum atomic E-state index is -0.0800. The summed E-state index contributed by atoms with van der Waals surface area (Å²) < 4.78 is 5.49. The Morgan fingerprint density at radius 3 is 2.65 bits per heavy atom. The van der Waals surface area contributed by atoms with E-state index >= 15 is 0 Å². The van der Waals surface area contributed by atoms with Crippen molar-refractivity contribution < 1.29 is 9.53 Å². The van der Waals surface area contributed by atoms with Crippen molar-refractivity contribution in [3.63, 3.8) is 0 Å². The van der Waals surface area contributed by atoms with Crippen LogP contribution in [0, 0.1) is 5.92 Å². The van der Waals surface area contributed by atoms with Gasteiger partial charge in [-0.05, 0) is 31.7 Å². The van der Waals surface area contributed by atoms with Gasteiger partial charge in [-0.3, -0.25) is 4.79 Å². The van der Waals surface area contributed by atoms with Gasteiger partial charge in [0.2, 0.25) is 0 Å². The van der Waals surface area contributed by atoms with E-state index < -0.39 is 0 Å². The van der Waals surface area contributed by atoms with Crippen LogP contribution in [0.5, 0.6) is 5.75 Å². The number of benzene rings is 1. The molecule has 1 aromatic carbocycles. The SMILES string of the molecule is CC(N)C1CCCN(C(=O)COc2cc(Cl)c(Cl)cc2Cl)C1.Cl. The number of nitrogens with zero attached hydrogens (tertiary/aromatic N) is 1. The lowest BCUT2D eigenvalue weighted by atomic mass is 9.92. The van der Waals surface area contributed by atoms with E-state index in [2.05, 4.69) is 0 Å². The maximum atomic E-state index is 12.3. The second-order valence-corrected chi connectivity index (χ2v) is 6.81. The average Bonchev–Trinajstić information content (AvgIpc) is 2.49. The normalized spacial score (nSPS) is 19.0. The van der Waals surface area contributed by atoms with Crippen molar-refractivity contribution in [3.05, 3.63) is 27.2 Å². The summed E-state index contributed by atoms with van der Waals surface area (Å²) in [6, 6.07) is 3.10. The lowest BCUT2D eigenvalue weighted by Gasteiger charge is -2.34. The topological polar surface area (TPSA) is 55.6 Å². The van der Waals surface area contributed by atoms with Gasteiger partial charge in [-0.25, -0.2) is 0 Å². The number of likely N-dealkylation sites (tertiary alicyclic amines) is 1. The van der Waals surface area contributed by atoms with Crippen molar-refractivity contribution in [3.8, 4) is 5.75 Å². The van der Waals surface area contributed by atoms with Crippen molar-refractivity contribution in [2.45, 2.75) is 25.8 Å². The smallest absolute Gasteiger partial charge is 0.260 e. The molecule has 0 radical (unpaired) electrons. The highest BCUT2D eigenvalue weighted by Gasteiger charge is 2.26. The zero-order valence-electron chi connectivity index (χ0n) is 12.7. The summed E-state index contributed by atoms with van der Waals surface area (Å²) in [6.07, 6.45) is 2.02. The fraction of sp³-hybridized carbons (Fsp3) is 0.533. The number of piperidine rings is 1. The predicted molar refractivity (Wildman–Crippen MR) is 97.2 cm³/mol. The third-order valence-corrected chi connectivity index (χ3v) is 4.90. The fourth-order valence-corrected chi connectivity index (χ4v) is 3.10. The zero-order chi connectivity index (χ0) is 16.3. The largest absolute Gasteiger partial charge is 0.482 e. The molecular weight excluding hydrogens is 382 g/mol. The van der Waals surface area contributed by atoms with Gasteiger partial charge in [-0.15, -0.1) is 12.4 Å². The number of hydrogen-bond donors (Lipinski definition) is 1. The van der Waals surface area contributed by atoms with Crippen molar-refractivity contribution in [1.82, 2.24) is 4.90 Å². The molecule has 1 aliphatic heterocycles. The van der Waals surface area contributed by atoms with Crippen molar-refractivity contribution in [2.75, 3.05) is 19.7 Å². The fourth-order valence-electron chi connectivity index (χ4n) is 2.51. The van der Waals surface area contributed by atoms with Crippen LogP contribution >= 0.6 is 47.2 Å². The molecule has 1 saturated heterocycles. The first-order valence-corrected chi connectivity index (χ1v) is 8.32. The molecule has 2 N–H and O–H groups in total. The Bertz CT molecular complexity index is 555. The van der Waals surface area contributed by atoms with E-state index in [0.29, 0.717) is 33.3 Å². The third-order valence-electron chi connectivity index (χ3n) is 3.88. The van der Waals surface area contributed by atoms with E-state index in [-0.39, 0.29) is 31.0 Å². The van der Waals surface area contributed by atoms with E-state index in [1.807, 2.05) is 6.92 Å². The molecule has 0 saturated carbocycles. The number of ether oxygens (including phenoxy) is 1. The Kier molecular flexibility index (Phi) is 8.25. The Morgan fingerprint density at radius 1 is 1.35 bits per heavy atom. The van der Waals surface area contributed by atoms with Gasteiger partial charge >= 0.3 is 0 Å². The minimum absolute atomic E-state index is 0. The van der Waals surface area contributed by atoms with Gasteiger partial charge in [0.1, 0.15) is 5.75 Å². The molecule has 130 valence electrons. The molecule has 23 heavy (non-hydrogen) atoms. The third kappa shape index (κ3) is 5.57. The molecule has 2 unspecified atom stereocenters. The Morgan fingerprint density at radius 2 is 2.00 bits per heavy atom. The van der Waals surface area contributed by atoms with E-state index in [0.717, 1.165) is 19.4 Å². The Labute approximate surface area is 157 Å². The predicted octanol–water partition coefficient (Wildman–Crippen LogP) is 4.03. The zero-order valence-corrected chi connectivity index (χ0v) is 15.8. The van der Waals surface area contributed by atoms with Gasteiger partial charge in [-0.2, -0.15) is 0 Å². The van der Waals surface area contributed by atoms with E-state index in [4.69, 9.17) is 45.3 Å². The van der Waals surface area contributed by atoms with Crippen LogP contribution in [0.3, 0.4) is 0 Å². The first-order chi connectivity index (χ1) is 10.4. The second-order valence-electron chi connectivity index (χ2n) is 5.59. The molecule has 0 aromatic heterocycles. The summed E-state index contributed by atoms with van der Waals surface area (Å²) in [7, 11) is 0. The number of rotatable bonds is 4. The molecule has 1 amide bonds. The van der Waals surface area contributed by atoms with Gasteiger partial charge in [0.15, 0.2) is 6.61 Å². The standard InChI is InChI=1S/C15H19Cl3N2O2.ClH/c1-9(19)10-3-2-4-20(7-10)15(21)8-22-14-6-12(17)11(16)5-13(14)18;/h5-6,9-10H,2-4,7-8,19H2,1H3;1H. The molecule has 0 spiro atoms. The molecule has 4 nitrogen and oxygen atoms in total. The second kappa shape index (κ2) is 9.19. The molecule has 1 heterocycles. The molecule has 1 aliphatic rings. The quantitative estimate of drug-likeness (QED) is 0.774. The summed E-state index contributed by atoms with van der Waals surface area (Å²) in [4.78, 5) is 14.1. The summed E-state index contributed by atoms with van der Waals surface area (Å²) in [5, 5.41) is 1.01. The maximum Gasteiger partial charge on any atom is 0.260 e. The summed E-state index contributed by atoms with van der Waals surface area (Å²) in [5.74, 6) is 0.615. The van der Waals surface area contributed by atoms with Gasteiger partial charge < -0.3 is 15.4 Å². The Balaban J connectivity index is 0.00000264. The molecule has 2 atom stereocenters. The number of halogens is 4. The highest BCUT2D eigenvalue weighted by atomic mass is 35.5. The molecular formula is C15H20Cl4N2O2. The van der Waals surface area contributed by atoms with Crippen molar-refractivity contribution in [1.29, 1.82) is 0 Å². The molecule has 1 fully saturated rings. The monoisotopic (exact) mass is 400 g/mol. The first kappa shape index (κ1) is 20.7. The number of carbonyl (C=O) groups is 1.